The molecule has 0 spiro atoms. The Labute approximate surface area is 146 Å². The van der Waals surface area contributed by atoms with Gasteiger partial charge < -0.3 is 30.9 Å². The van der Waals surface area contributed by atoms with Crippen molar-refractivity contribution in [1.82, 2.24) is 0 Å². The Hall–Kier alpha value is -2.19. The molecule has 0 aliphatic carbocycles. The quantitative estimate of drug-likeness (QED) is 0.388. The lowest BCUT2D eigenvalue weighted by atomic mass is 9.99. The number of ether oxygens (including phenoxy) is 1. The van der Waals surface area contributed by atoms with E-state index in [1.807, 2.05) is 37.3 Å². The Balaban J connectivity index is 2.47. The van der Waals surface area contributed by atoms with E-state index in [0.29, 0.717) is 6.61 Å². The molecule has 0 saturated heterocycles. The van der Waals surface area contributed by atoms with Crippen molar-refractivity contribution in [2.45, 2.75) is 37.7 Å². The number of rotatable bonds is 10. The number of carbonyl (C=O) groups is 1. The SMILES string of the molecule is CCOc1ccc(/C=C/C=C/C[C@H](O)[C@@H](O)[C@@H](N)[C@H](O)C(=O)O)cc1. The second-order valence-electron chi connectivity index (χ2n) is 5.44. The summed E-state index contributed by atoms with van der Waals surface area (Å²) in [6, 6.07) is 6.06. The summed E-state index contributed by atoms with van der Waals surface area (Å²) < 4.78 is 5.35. The minimum atomic E-state index is -1.94. The molecule has 0 heterocycles. The molecule has 7 nitrogen and oxygen atoms in total. The second kappa shape index (κ2) is 10.6. The molecule has 0 aromatic heterocycles. The van der Waals surface area contributed by atoms with Gasteiger partial charge in [-0.3, -0.25) is 0 Å². The van der Waals surface area contributed by atoms with Crippen molar-refractivity contribution in [3.8, 4) is 5.75 Å². The standard InChI is InChI=1S/C18H25NO6/c1-2-25-13-10-8-12(9-11-13)6-4-3-5-7-14(20)16(21)15(19)17(22)18(23)24/h3-6,8-11,14-17,20-22H,2,7,19H2,1H3,(H,23,24)/b5-3+,6-4+/t14-,15+,16+,17-/m0/s1. The van der Waals surface area contributed by atoms with E-state index in [9.17, 15) is 20.1 Å². The molecular weight excluding hydrogens is 326 g/mol. The van der Waals surface area contributed by atoms with Crippen molar-refractivity contribution in [1.29, 1.82) is 0 Å². The molecule has 0 fully saturated rings. The number of allylic oxidation sites excluding steroid dienone is 2. The summed E-state index contributed by atoms with van der Waals surface area (Å²) in [6.45, 7) is 2.53. The minimum Gasteiger partial charge on any atom is -0.494 e. The lowest BCUT2D eigenvalue weighted by molar-refractivity contribution is -0.150. The monoisotopic (exact) mass is 351 g/mol. The maximum atomic E-state index is 10.6. The summed E-state index contributed by atoms with van der Waals surface area (Å²) in [6.07, 6.45) is 2.22. The second-order valence-corrected chi connectivity index (χ2v) is 5.44. The first kappa shape index (κ1) is 20.9. The van der Waals surface area contributed by atoms with Crippen molar-refractivity contribution < 1.29 is 30.0 Å². The van der Waals surface area contributed by atoms with Crippen LogP contribution in [-0.2, 0) is 4.79 Å². The summed E-state index contributed by atoms with van der Waals surface area (Å²) in [5.74, 6) is -0.750. The fourth-order valence-electron chi connectivity index (χ4n) is 2.05. The van der Waals surface area contributed by atoms with E-state index in [1.54, 1.807) is 18.2 Å². The van der Waals surface area contributed by atoms with E-state index < -0.39 is 30.3 Å². The van der Waals surface area contributed by atoms with Crippen molar-refractivity contribution >= 4 is 12.0 Å². The Morgan fingerprint density at radius 3 is 2.40 bits per heavy atom. The highest BCUT2D eigenvalue weighted by Crippen LogP contribution is 2.13. The lowest BCUT2D eigenvalue weighted by Gasteiger charge is -2.24. The van der Waals surface area contributed by atoms with Gasteiger partial charge in [0.2, 0.25) is 0 Å². The third kappa shape index (κ3) is 7.06. The van der Waals surface area contributed by atoms with Gasteiger partial charge in [0.05, 0.1) is 24.9 Å². The summed E-state index contributed by atoms with van der Waals surface area (Å²) >= 11 is 0. The maximum absolute atomic E-state index is 10.6. The van der Waals surface area contributed by atoms with Gasteiger partial charge in [-0.05, 0) is 31.0 Å². The molecule has 0 saturated carbocycles. The van der Waals surface area contributed by atoms with Crippen molar-refractivity contribution in [3.63, 3.8) is 0 Å². The molecule has 7 heteroatoms. The molecule has 0 amide bonds. The average Bonchev–Trinajstić information content (AvgIpc) is 2.60. The molecular formula is C18H25NO6. The van der Waals surface area contributed by atoms with Crippen LogP contribution in [0.25, 0.3) is 6.08 Å². The topological polar surface area (TPSA) is 133 Å². The lowest BCUT2D eigenvalue weighted by Crippen LogP contribution is -2.52. The van der Waals surface area contributed by atoms with Gasteiger partial charge in [0.25, 0.3) is 0 Å². The first-order chi connectivity index (χ1) is 11.9. The van der Waals surface area contributed by atoms with E-state index in [0.717, 1.165) is 11.3 Å². The van der Waals surface area contributed by atoms with Gasteiger partial charge in [-0.15, -0.1) is 0 Å². The van der Waals surface area contributed by atoms with Crippen LogP contribution in [0.4, 0.5) is 0 Å². The van der Waals surface area contributed by atoms with Gasteiger partial charge in [0.1, 0.15) is 5.75 Å². The molecule has 25 heavy (non-hydrogen) atoms. The third-order valence-corrected chi connectivity index (χ3v) is 3.51. The predicted octanol–water partition coefficient (Wildman–Crippen LogP) is 0.539. The van der Waals surface area contributed by atoms with Crippen LogP contribution < -0.4 is 10.5 Å². The van der Waals surface area contributed by atoms with Gasteiger partial charge >= 0.3 is 5.97 Å². The molecule has 0 bridgehead atoms. The number of carboxylic acid groups (broad SMARTS) is 1. The molecule has 0 aliphatic rings. The van der Waals surface area contributed by atoms with Gasteiger partial charge in [0, 0.05) is 0 Å². The van der Waals surface area contributed by atoms with Gasteiger partial charge in [0.15, 0.2) is 6.10 Å². The van der Waals surface area contributed by atoms with Crippen molar-refractivity contribution in [2.75, 3.05) is 6.61 Å². The number of carboxylic acids is 1. The van der Waals surface area contributed by atoms with Crippen molar-refractivity contribution in [3.05, 3.63) is 48.1 Å². The zero-order chi connectivity index (χ0) is 18.8. The summed E-state index contributed by atoms with van der Waals surface area (Å²) in [4.78, 5) is 10.6. The maximum Gasteiger partial charge on any atom is 0.334 e. The fraction of sp³-hybridized carbons (Fsp3) is 0.389. The molecule has 1 aromatic carbocycles. The van der Waals surface area contributed by atoms with Crippen LogP contribution in [0, 0.1) is 0 Å². The van der Waals surface area contributed by atoms with Gasteiger partial charge in [-0.2, -0.15) is 0 Å². The first-order valence-electron chi connectivity index (χ1n) is 7.95. The molecule has 1 rings (SSSR count). The Bertz CT molecular complexity index is 584. The average molecular weight is 351 g/mol. The van der Waals surface area contributed by atoms with E-state index in [-0.39, 0.29) is 6.42 Å². The number of aliphatic hydroxyl groups excluding tert-OH is 3. The third-order valence-electron chi connectivity index (χ3n) is 3.51. The van der Waals surface area contributed by atoms with Crippen LogP contribution in [0.1, 0.15) is 18.9 Å². The fourth-order valence-corrected chi connectivity index (χ4v) is 2.05. The van der Waals surface area contributed by atoms with E-state index >= 15 is 0 Å². The first-order valence-corrected chi connectivity index (χ1v) is 7.95. The van der Waals surface area contributed by atoms with Crippen LogP contribution in [0.5, 0.6) is 5.75 Å². The van der Waals surface area contributed by atoms with Crippen LogP contribution in [0.3, 0.4) is 0 Å². The molecule has 138 valence electrons. The van der Waals surface area contributed by atoms with Crippen LogP contribution in [0.15, 0.2) is 42.5 Å². The van der Waals surface area contributed by atoms with E-state index in [1.165, 1.54) is 0 Å². The normalized spacial score (nSPS) is 16.7. The summed E-state index contributed by atoms with van der Waals surface area (Å²) in [5.41, 5.74) is 6.39. The smallest absolute Gasteiger partial charge is 0.334 e. The highest BCUT2D eigenvalue weighted by Gasteiger charge is 2.32. The van der Waals surface area contributed by atoms with Crippen molar-refractivity contribution in [2.24, 2.45) is 5.73 Å². The van der Waals surface area contributed by atoms with Crippen LogP contribution in [-0.4, -0.2) is 57.4 Å². The molecule has 4 atom stereocenters. The van der Waals surface area contributed by atoms with Gasteiger partial charge in [-0.1, -0.05) is 36.4 Å². The van der Waals surface area contributed by atoms with E-state index in [2.05, 4.69) is 0 Å². The predicted molar refractivity (Wildman–Crippen MR) is 94.0 cm³/mol. The highest BCUT2D eigenvalue weighted by atomic mass is 16.5. The Morgan fingerprint density at radius 2 is 1.84 bits per heavy atom. The van der Waals surface area contributed by atoms with Crippen LogP contribution in [0.2, 0.25) is 0 Å². The number of hydrogen-bond donors (Lipinski definition) is 5. The highest BCUT2D eigenvalue weighted by molar-refractivity contribution is 5.73. The number of aliphatic carboxylic acids is 1. The van der Waals surface area contributed by atoms with Crippen LogP contribution >= 0.6 is 0 Å². The largest absolute Gasteiger partial charge is 0.494 e. The minimum absolute atomic E-state index is 0.0643. The molecule has 0 unspecified atom stereocenters. The zero-order valence-corrected chi connectivity index (χ0v) is 14.0. The number of nitrogens with two attached hydrogens (primary N) is 1. The molecule has 0 aliphatic heterocycles. The molecule has 0 radical (unpaired) electrons. The Morgan fingerprint density at radius 1 is 1.20 bits per heavy atom. The summed E-state index contributed by atoms with van der Waals surface area (Å²) in [5, 5.41) is 37.4. The summed E-state index contributed by atoms with van der Waals surface area (Å²) in [7, 11) is 0. The van der Waals surface area contributed by atoms with Gasteiger partial charge in [-0.25, -0.2) is 4.79 Å². The number of benzene rings is 1. The zero-order valence-electron chi connectivity index (χ0n) is 14.0. The van der Waals surface area contributed by atoms with E-state index in [4.69, 9.17) is 15.6 Å². The number of hydrogen-bond acceptors (Lipinski definition) is 6. The Kier molecular flexibility index (Phi) is 8.87. The molecule has 6 N–H and O–H groups in total. The number of aliphatic hydroxyl groups is 3. The molecule has 1 aromatic rings.